The number of H-pyrrole nitrogens is 1. The summed E-state index contributed by atoms with van der Waals surface area (Å²) < 4.78 is 7.01. The Balaban J connectivity index is 1.22. The van der Waals surface area contributed by atoms with Crippen LogP contribution in [0.1, 0.15) is 41.4 Å². The summed E-state index contributed by atoms with van der Waals surface area (Å²) in [4.78, 5) is 27.5. The van der Waals surface area contributed by atoms with Gasteiger partial charge in [-0.05, 0) is 82.4 Å². The predicted octanol–water partition coefficient (Wildman–Crippen LogP) is 3.90. The number of aryl methyl sites for hydroxylation is 3. The normalized spacial score (nSPS) is 15.0. The number of aromatic nitrogens is 5. The molecule has 5 rings (SSSR count). The first-order chi connectivity index (χ1) is 16.9. The number of nitrogens with one attached hydrogen (secondary N) is 2. The molecule has 0 atom stereocenters. The van der Waals surface area contributed by atoms with Crippen LogP contribution in [-0.2, 0) is 4.79 Å². The zero-order chi connectivity index (χ0) is 24.5. The van der Waals surface area contributed by atoms with Crippen LogP contribution in [0.4, 0.5) is 5.82 Å². The van der Waals surface area contributed by atoms with Gasteiger partial charge in [-0.2, -0.15) is 9.78 Å². The molecule has 0 radical (unpaired) electrons. The number of anilines is 1. The Labute approximate surface area is 204 Å². The van der Waals surface area contributed by atoms with Crippen molar-refractivity contribution < 1.29 is 9.53 Å². The van der Waals surface area contributed by atoms with Crippen molar-refractivity contribution in [1.29, 1.82) is 0 Å². The van der Waals surface area contributed by atoms with Gasteiger partial charge in [-0.1, -0.05) is 0 Å². The summed E-state index contributed by atoms with van der Waals surface area (Å²) in [5.41, 5.74) is 4.96. The van der Waals surface area contributed by atoms with Crippen LogP contribution in [0.5, 0.6) is 5.75 Å². The predicted molar refractivity (Wildman–Crippen MR) is 135 cm³/mol. The van der Waals surface area contributed by atoms with Gasteiger partial charge in [0.1, 0.15) is 11.6 Å². The van der Waals surface area contributed by atoms with Crippen molar-refractivity contribution in [3.05, 3.63) is 59.2 Å². The Kier molecular flexibility index (Phi) is 6.25. The van der Waals surface area contributed by atoms with Crippen molar-refractivity contribution in [2.45, 2.75) is 39.5 Å². The lowest BCUT2D eigenvalue weighted by molar-refractivity contribution is -0.117. The number of hydrogen-bond donors (Lipinski definition) is 2. The Morgan fingerprint density at radius 1 is 1.09 bits per heavy atom. The van der Waals surface area contributed by atoms with Crippen LogP contribution in [0.15, 0.2) is 36.5 Å². The van der Waals surface area contributed by atoms with E-state index >= 15 is 0 Å². The Morgan fingerprint density at radius 2 is 1.83 bits per heavy atom. The third kappa shape index (κ3) is 4.90. The third-order valence-corrected chi connectivity index (χ3v) is 6.57. The fourth-order valence-corrected chi connectivity index (χ4v) is 4.92. The Hall–Kier alpha value is -3.72. The van der Waals surface area contributed by atoms with Gasteiger partial charge < -0.3 is 15.0 Å². The SMILES string of the molecule is COc1ccc2[nH]cc(C3CCN(CC(=O)Nc4cc(C)nn4-c4nc(C)cc(C)n4)CC3)c2c1. The number of carbonyl (C=O) groups excluding carboxylic acids is 1. The molecule has 182 valence electrons. The number of rotatable bonds is 6. The molecule has 1 saturated heterocycles. The fourth-order valence-electron chi connectivity index (χ4n) is 4.92. The summed E-state index contributed by atoms with van der Waals surface area (Å²) >= 11 is 0. The van der Waals surface area contributed by atoms with E-state index in [2.05, 4.69) is 48.6 Å². The summed E-state index contributed by atoms with van der Waals surface area (Å²) in [6.07, 6.45) is 4.13. The van der Waals surface area contributed by atoms with Gasteiger partial charge in [0.15, 0.2) is 0 Å². The lowest BCUT2D eigenvalue weighted by atomic mass is 9.89. The molecule has 1 amide bonds. The lowest BCUT2D eigenvalue weighted by Crippen LogP contribution is -2.39. The number of benzene rings is 1. The molecule has 0 bridgehead atoms. The van der Waals surface area contributed by atoms with E-state index in [0.717, 1.165) is 54.3 Å². The minimum atomic E-state index is -0.0641. The van der Waals surface area contributed by atoms with Crippen LogP contribution >= 0.6 is 0 Å². The highest BCUT2D eigenvalue weighted by molar-refractivity contribution is 5.91. The molecule has 2 N–H and O–H groups in total. The van der Waals surface area contributed by atoms with Gasteiger partial charge >= 0.3 is 0 Å². The van der Waals surface area contributed by atoms with Gasteiger partial charge in [0, 0.05) is 34.6 Å². The van der Waals surface area contributed by atoms with Gasteiger partial charge in [-0.3, -0.25) is 9.69 Å². The average molecular weight is 474 g/mol. The van der Waals surface area contributed by atoms with Crippen molar-refractivity contribution in [3.63, 3.8) is 0 Å². The second-order valence-electron chi connectivity index (χ2n) is 9.29. The van der Waals surface area contributed by atoms with Gasteiger partial charge in [-0.15, -0.1) is 0 Å². The van der Waals surface area contributed by atoms with Crippen LogP contribution < -0.4 is 10.1 Å². The first-order valence-electron chi connectivity index (χ1n) is 12.0. The molecule has 0 unspecified atom stereocenters. The topological polar surface area (TPSA) is 101 Å². The molecule has 9 nitrogen and oxygen atoms in total. The minimum absolute atomic E-state index is 0.0641. The van der Waals surface area contributed by atoms with Crippen molar-refractivity contribution >= 4 is 22.6 Å². The summed E-state index contributed by atoms with van der Waals surface area (Å²) in [7, 11) is 1.69. The summed E-state index contributed by atoms with van der Waals surface area (Å²) in [6.45, 7) is 7.80. The number of carbonyl (C=O) groups is 1. The van der Waals surface area contributed by atoms with E-state index in [9.17, 15) is 4.79 Å². The zero-order valence-electron chi connectivity index (χ0n) is 20.6. The van der Waals surface area contributed by atoms with E-state index in [0.29, 0.717) is 24.2 Å². The maximum Gasteiger partial charge on any atom is 0.252 e. The van der Waals surface area contributed by atoms with E-state index in [1.165, 1.54) is 10.9 Å². The first-order valence-corrected chi connectivity index (χ1v) is 12.0. The summed E-state index contributed by atoms with van der Waals surface area (Å²) in [5, 5.41) is 8.72. The van der Waals surface area contributed by atoms with Gasteiger partial charge in [0.05, 0.1) is 19.3 Å². The van der Waals surface area contributed by atoms with Crippen LogP contribution in [0, 0.1) is 20.8 Å². The monoisotopic (exact) mass is 473 g/mol. The summed E-state index contributed by atoms with van der Waals surface area (Å²) in [5.74, 6) is 2.31. The fraction of sp³-hybridized carbons (Fsp3) is 0.385. The smallest absolute Gasteiger partial charge is 0.252 e. The molecule has 1 aliphatic rings. The van der Waals surface area contributed by atoms with E-state index in [4.69, 9.17) is 4.74 Å². The van der Waals surface area contributed by atoms with Gasteiger partial charge in [0.2, 0.25) is 5.91 Å². The van der Waals surface area contributed by atoms with Crippen molar-refractivity contribution in [1.82, 2.24) is 29.6 Å². The Bertz CT molecular complexity index is 1350. The number of methoxy groups -OCH3 is 1. The molecule has 1 aliphatic heterocycles. The molecule has 1 aromatic carbocycles. The van der Waals surface area contributed by atoms with Crippen LogP contribution in [0.3, 0.4) is 0 Å². The van der Waals surface area contributed by atoms with Crippen molar-refractivity contribution in [3.8, 4) is 11.7 Å². The van der Waals surface area contributed by atoms with Crippen molar-refractivity contribution in [2.24, 2.45) is 0 Å². The molecule has 3 aromatic heterocycles. The maximum absolute atomic E-state index is 12.9. The second kappa shape index (κ2) is 9.50. The average Bonchev–Trinajstić information content (AvgIpc) is 3.41. The highest BCUT2D eigenvalue weighted by atomic mass is 16.5. The standard InChI is InChI=1S/C26H31N7O2/c1-16-11-17(2)29-26(28-16)33-24(12-18(3)31-33)30-25(34)15-32-9-7-19(8-10-32)22-14-27-23-6-5-20(35-4)13-21(22)23/h5-6,11-14,19,27H,7-10,15H2,1-4H3,(H,30,34). The van der Waals surface area contributed by atoms with Crippen LogP contribution in [0.2, 0.25) is 0 Å². The Morgan fingerprint density at radius 3 is 2.54 bits per heavy atom. The molecule has 35 heavy (non-hydrogen) atoms. The first kappa shape index (κ1) is 23.0. The number of likely N-dealkylation sites (tertiary alicyclic amines) is 1. The zero-order valence-corrected chi connectivity index (χ0v) is 20.6. The number of ether oxygens (including phenoxy) is 1. The van der Waals surface area contributed by atoms with Gasteiger partial charge in [-0.25, -0.2) is 9.97 Å². The molecule has 0 spiro atoms. The number of piperidine rings is 1. The van der Waals surface area contributed by atoms with E-state index < -0.39 is 0 Å². The van der Waals surface area contributed by atoms with Crippen LogP contribution in [-0.4, -0.2) is 62.3 Å². The number of fused-ring (bicyclic) bond motifs is 1. The molecular formula is C26H31N7O2. The highest BCUT2D eigenvalue weighted by Crippen LogP contribution is 2.34. The minimum Gasteiger partial charge on any atom is -0.497 e. The number of aromatic amines is 1. The third-order valence-electron chi connectivity index (χ3n) is 6.57. The lowest BCUT2D eigenvalue weighted by Gasteiger charge is -2.31. The molecule has 4 aromatic rings. The molecule has 4 heterocycles. The summed E-state index contributed by atoms with van der Waals surface area (Å²) in [6, 6.07) is 9.90. The van der Waals surface area contributed by atoms with Crippen molar-refractivity contribution in [2.75, 3.05) is 32.1 Å². The molecule has 0 aliphatic carbocycles. The molecule has 0 saturated carbocycles. The highest BCUT2D eigenvalue weighted by Gasteiger charge is 2.24. The molecule has 9 heteroatoms. The quantitative estimate of drug-likeness (QED) is 0.441. The van der Waals surface area contributed by atoms with Gasteiger partial charge in [0.25, 0.3) is 5.95 Å². The maximum atomic E-state index is 12.9. The van der Waals surface area contributed by atoms with E-state index in [1.807, 2.05) is 39.0 Å². The number of amides is 1. The van der Waals surface area contributed by atoms with Crippen LogP contribution in [0.25, 0.3) is 16.9 Å². The molecule has 1 fully saturated rings. The van der Waals surface area contributed by atoms with E-state index in [1.54, 1.807) is 11.8 Å². The van der Waals surface area contributed by atoms with E-state index in [-0.39, 0.29) is 5.91 Å². The number of nitrogens with zero attached hydrogens (tertiary/aromatic N) is 5. The number of hydrogen-bond acceptors (Lipinski definition) is 6. The molecular weight excluding hydrogens is 442 g/mol. The second-order valence-corrected chi connectivity index (χ2v) is 9.29. The largest absolute Gasteiger partial charge is 0.497 e.